The SMILES string of the molecule is CN(Cc1ccccc1Cl)C(=O)CCNS(=O)(=O)c1ccc(C(C)(C)C)cc1. The molecule has 28 heavy (non-hydrogen) atoms. The zero-order valence-electron chi connectivity index (χ0n) is 16.7. The molecule has 0 unspecified atom stereocenters. The summed E-state index contributed by atoms with van der Waals surface area (Å²) >= 11 is 6.11. The Morgan fingerprint density at radius 3 is 2.25 bits per heavy atom. The largest absolute Gasteiger partial charge is 0.341 e. The summed E-state index contributed by atoms with van der Waals surface area (Å²) in [5.74, 6) is -0.161. The van der Waals surface area contributed by atoms with E-state index in [1.165, 1.54) is 4.90 Å². The number of nitrogens with zero attached hydrogens (tertiary/aromatic N) is 1. The number of benzene rings is 2. The molecule has 1 N–H and O–H groups in total. The summed E-state index contributed by atoms with van der Waals surface area (Å²) in [6.07, 6.45) is 0.0697. The molecule has 0 spiro atoms. The first-order chi connectivity index (χ1) is 13.0. The maximum atomic E-state index is 12.4. The van der Waals surface area contributed by atoms with E-state index in [-0.39, 0.29) is 29.2 Å². The van der Waals surface area contributed by atoms with Crippen LogP contribution in [0.3, 0.4) is 0 Å². The molecule has 2 aromatic rings. The van der Waals surface area contributed by atoms with E-state index < -0.39 is 10.0 Å². The third-order valence-corrected chi connectivity index (χ3v) is 6.30. The lowest BCUT2D eigenvalue weighted by atomic mass is 9.87. The van der Waals surface area contributed by atoms with Gasteiger partial charge in [-0.3, -0.25) is 4.79 Å². The van der Waals surface area contributed by atoms with E-state index in [4.69, 9.17) is 11.6 Å². The summed E-state index contributed by atoms with van der Waals surface area (Å²) in [6.45, 7) is 6.62. The van der Waals surface area contributed by atoms with Gasteiger partial charge in [-0.25, -0.2) is 13.1 Å². The Hall–Kier alpha value is -1.89. The fourth-order valence-corrected chi connectivity index (χ4v) is 3.90. The Morgan fingerprint density at radius 2 is 1.68 bits per heavy atom. The fraction of sp³-hybridized carbons (Fsp3) is 0.381. The zero-order valence-corrected chi connectivity index (χ0v) is 18.3. The van der Waals surface area contributed by atoms with Crippen LogP contribution in [0.2, 0.25) is 5.02 Å². The van der Waals surface area contributed by atoms with E-state index in [2.05, 4.69) is 25.5 Å². The van der Waals surface area contributed by atoms with Gasteiger partial charge in [0.2, 0.25) is 15.9 Å². The first-order valence-corrected chi connectivity index (χ1v) is 10.9. The highest BCUT2D eigenvalue weighted by atomic mass is 35.5. The smallest absolute Gasteiger partial charge is 0.240 e. The molecule has 0 atom stereocenters. The Bertz CT molecular complexity index is 919. The van der Waals surface area contributed by atoms with Crippen molar-refractivity contribution in [3.8, 4) is 0 Å². The lowest BCUT2D eigenvalue weighted by molar-refractivity contribution is -0.130. The van der Waals surface area contributed by atoms with E-state index in [0.717, 1.165) is 11.1 Å². The predicted octanol–water partition coefficient (Wildman–Crippen LogP) is 3.96. The van der Waals surface area contributed by atoms with Crippen LogP contribution >= 0.6 is 11.6 Å². The average molecular weight is 423 g/mol. The van der Waals surface area contributed by atoms with Gasteiger partial charge in [0.25, 0.3) is 0 Å². The molecule has 0 fully saturated rings. The van der Waals surface area contributed by atoms with Crippen LogP contribution in [-0.4, -0.2) is 32.8 Å². The maximum Gasteiger partial charge on any atom is 0.240 e. The van der Waals surface area contributed by atoms with E-state index >= 15 is 0 Å². The second-order valence-corrected chi connectivity index (χ2v) is 9.94. The molecule has 2 aromatic carbocycles. The third-order valence-electron chi connectivity index (χ3n) is 4.45. The van der Waals surface area contributed by atoms with Gasteiger partial charge in [-0.15, -0.1) is 0 Å². The highest BCUT2D eigenvalue weighted by Crippen LogP contribution is 2.23. The van der Waals surface area contributed by atoms with Crippen LogP contribution < -0.4 is 4.72 Å². The molecule has 0 aliphatic carbocycles. The van der Waals surface area contributed by atoms with Crippen molar-refractivity contribution in [1.82, 2.24) is 9.62 Å². The second-order valence-electron chi connectivity index (χ2n) is 7.76. The molecule has 0 saturated carbocycles. The average Bonchev–Trinajstić information content (AvgIpc) is 2.62. The summed E-state index contributed by atoms with van der Waals surface area (Å²) in [7, 11) is -1.98. The summed E-state index contributed by atoms with van der Waals surface area (Å²) in [5.41, 5.74) is 1.86. The summed E-state index contributed by atoms with van der Waals surface area (Å²) < 4.78 is 27.3. The standard InChI is InChI=1S/C21H27ClN2O3S/c1-21(2,3)17-9-11-18(12-10-17)28(26,27)23-14-13-20(25)24(4)15-16-7-5-6-8-19(16)22/h5-12,23H,13-15H2,1-4H3. The van der Waals surface area contributed by atoms with Gasteiger partial charge in [0, 0.05) is 31.6 Å². The van der Waals surface area contributed by atoms with Gasteiger partial charge in [0.15, 0.2) is 0 Å². The highest BCUT2D eigenvalue weighted by Gasteiger charge is 2.18. The van der Waals surface area contributed by atoms with Crippen molar-refractivity contribution in [1.29, 1.82) is 0 Å². The molecule has 0 bridgehead atoms. The Kier molecular flexibility index (Phi) is 7.26. The van der Waals surface area contributed by atoms with Crippen molar-refractivity contribution in [2.75, 3.05) is 13.6 Å². The lowest BCUT2D eigenvalue weighted by Crippen LogP contribution is -2.32. The van der Waals surface area contributed by atoms with Crippen LogP contribution in [0.5, 0.6) is 0 Å². The summed E-state index contributed by atoms with van der Waals surface area (Å²) in [6, 6.07) is 14.1. The van der Waals surface area contributed by atoms with Gasteiger partial charge in [0.05, 0.1) is 4.90 Å². The van der Waals surface area contributed by atoms with Gasteiger partial charge < -0.3 is 4.90 Å². The Morgan fingerprint density at radius 1 is 1.07 bits per heavy atom. The van der Waals surface area contributed by atoms with E-state index in [0.29, 0.717) is 11.6 Å². The number of halogens is 1. The molecule has 0 aliphatic heterocycles. The van der Waals surface area contributed by atoms with Crippen LogP contribution in [0.25, 0.3) is 0 Å². The second kappa shape index (κ2) is 9.07. The maximum absolute atomic E-state index is 12.4. The lowest BCUT2D eigenvalue weighted by Gasteiger charge is -2.19. The van der Waals surface area contributed by atoms with Crippen molar-refractivity contribution in [2.45, 2.75) is 44.0 Å². The molecule has 0 saturated heterocycles. The Balaban J connectivity index is 1.90. The van der Waals surface area contributed by atoms with Crippen molar-refractivity contribution >= 4 is 27.5 Å². The minimum Gasteiger partial charge on any atom is -0.341 e. The number of amides is 1. The molecule has 0 aromatic heterocycles. The molecule has 152 valence electrons. The van der Waals surface area contributed by atoms with Crippen molar-refractivity contribution in [3.63, 3.8) is 0 Å². The normalized spacial score (nSPS) is 12.0. The number of carbonyl (C=O) groups is 1. The molecular formula is C21H27ClN2O3S. The predicted molar refractivity (Wildman–Crippen MR) is 113 cm³/mol. The molecule has 0 radical (unpaired) electrons. The molecule has 7 heteroatoms. The van der Waals surface area contributed by atoms with E-state index in [9.17, 15) is 13.2 Å². The first-order valence-electron chi connectivity index (χ1n) is 9.08. The number of nitrogens with one attached hydrogen (secondary N) is 1. The van der Waals surface area contributed by atoms with E-state index in [1.54, 1.807) is 25.2 Å². The van der Waals surface area contributed by atoms with Crippen molar-refractivity contribution in [2.24, 2.45) is 0 Å². The molecule has 0 heterocycles. The topological polar surface area (TPSA) is 66.5 Å². The van der Waals surface area contributed by atoms with Gasteiger partial charge in [-0.2, -0.15) is 0 Å². The Labute approximate surface area is 172 Å². The van der Waals surface area contributed by atoms with Crippen LogP contribution in [0.15, 0.2) is 53.4 Å². The number of hydrogen-bond acceptors (Lipinski definition) is 3. The first kappa shape index (κ1) is 22.4. The van der Waals surface area contributed by atoms with E-state index in [1.807, 2.05) is 30.3 Å². The minimum atomic E-state index is -3.65. The zero-order chi connectivity index (χ0) is 20.9. The van der Waals surface area contributed by atoms with Crippen LogP contribution in [0.4, 0.5) is 0 Å². The van der Waals surface area contributed by atoms with Gasteiger partial charge in [-0.1, -0.05) is 62.7 Å². The summed E-state index contributed by atoms with van der Waals surface area (Å²) in [4.78, 5) is 14.0. The monoisotopic (exact) mass is 422 g/mol. The van der Waals surface area contributed by atoms with Gasteiger partial charge in [-0.05, 0) is 34.7 Å². The minimum absolute atomic E-state index is 0.0368. The quantitative estimate of drug-likeness (QED) is 0.734. The highest BCUT2D eigenvalue weighted by molar-refractivity contribution is 7.89. The van der Waals surface area contributed by atoms with Crippen molar-refractivity contribution < 1.29 is 13.2 Å². The molecule has 5 nitrogen and oxygen atoms in total. The van der Waals surface area contributed by atoms with Gasteiger partial charge in [0.1, 0.15) is 0 Å². The van der Waals surface area contributed by atoms with Crippen LogP contribution in [-0.2, 0) is 26.8 Å². The molecule has 2 rings (SSSR count). The molecule has 1 amide bonds. The number of carbonyl (C=O) groups excluding carboxylic acids is 1. The van der Waals surface area contributed by atoms with Crippen LogP contribution in [0.1, 0.15) is 38.3 Å². The van der Waals surface area contributed by atoms with Crippen molar-refractivity contribution in [3.05, 3.63) is 64.7 Å². The third kappa shape index (κ3) is 6.06. The molecular weight excluding hydrogens is 396 g/mol. The van der Waals surface area contributed by atoms with Gasteiger partial charge >= 0.3 is 0 Å². The van der Waals surface area contributed by atoms with Crippen LogP contribution in [0, 0.1) is 0 Å². The number of hydrogen-bond donors (Lipinski definition) is 1. The fourth-order valence-electron chi connectivity index (χ4n) is 2.67. The summed E-state index contributed by atoms with van der Waals surface area (Å²) in [5, 5.41) is 0.599. The number of rotatable bonds is 7. The molecule has 0 aliphatic rings. The number of sulfonamides is 1.